The second-order valence-electron chi connectivity index (χ2n) is 7.30. The minimum absolute atomic E-state index is 0.880. The molecule has 4 nitrogen and oxygen atoms in total. The van der Waals surface area contributed by atoms with Crippen LogP contribution in [0, 0.1) is 6.92 Å². The molecular formula is C26H32N4. The van der Waals surface area contributed by atoms with Gasteiger partial charge in [0.2, 0.25) is 0 Å². The fourth-order valence-electron chi connectivity index (χ4n) is 3.56. The average Bonchev–Trinajstić information content (AvgIpc) is 3.15. The number of fused-ring (bicyclic) bond motifs is 1. The van der Waals surface area contributed by atoms with Crippen molar-refractivity contribution in [3.8, 4) is 22.6 Å². The Hall–Kier alpha value is -3.01. The molecule has 0 aliphatic rings. The van der Waals surface area contributed by atoms with Crippen molar-refractivity contribution in [2.45, 2.75) is 60.3 Å². The van der Waals surface area contributed by atoms with Gasteiger partial charge in [0.15, 0.2) is 0 Å². The normalized spacial score (nSPS) is 10.7. The van der Waals surface area contributed by atoms with Crippen LogP contribution in [0.2, 0.25) is 0 Å². The molecule has 3 heterocycles. The zero-order chi connectivity index (χ0) is 21.5. The number of pyridine rings is 1. The average molecular weight is 401 g/mol. The summed E-state index contributed by atoms with van der Waals surface area (Å²) in [6, 6.07) is 14.9. The number of aryl methyl sites for hydroxylation is 3. The molecule has 0 saturated carbocycles. The number of rotatable bonds is 6. The van der Waals surface area contributed by atoms with Crippen molar-refractivity contribution in [2.75, 3.05) is 0 Å². The molecule has 0 radical (unpaired) electrons. The van der Waals surface area contributed by atoms with E-state index in [0.717, 1.165) is 59.8 Å². The van der Waals surface area contributed by atoms with Crippen molar-refractivity contribution in [1.82, 2.24) is 19.4 Å². The maximum absolute atomic E-state index is 5.01. The Kier molecular flexibility index (Phi) is 7.34. The van der Waals surface area contributed by atoms with Gasteiger partial charge >= 0.3 is 0 Å². The molecule has 0 fully saturated rings. The van der Waals surface area contributed by atoms with Crippen LogP contribution in [0.3, 0.4) is 0 Å². The van der Waals surface area contributed by atoms with Crippen LogP contribution in [0.4, 0.5) is 0 Å². The topological polar surface area (TPSA) is 43.1 Å². The summed E-state index contributed by atoms with van der Waals surface area (Å²) in [6.45, 7) is 10.5. The van der Waals surface area contributed by atoms with Gasteiger partial charge in [-0.15, -0.1) is 0 Å². The number of aromatic nitrogens is 4. The van der Waals surface area contributed by atoms with Crippen molar-refractivity contribution in [3.05, 3.63) is 71.8 Å². The van der Waals surface area contributed by atoms with Gasteiger partial charge in [-0.25, -0.2) is 15.0 Å². The third-order valence-corrected chi connectivity index (χ3v) is 4.98. The van der Waals surface area contributed by atoms with E-state index < -0.39 is 0 Å². The summed E-state index contributed by atoms with van der Waals surface area (Å²) in [6.07, 6.45) is 8.08. The van der Waals surface area contributed by atoms with E-state index in [4.69, 9.17) is 9.97 Å². The lowest BCUT2D eigenvalue weighted by Gasteiger charge is -2.07. The molecule has 30 heavy (non-hydrogen) atoms. The highest BCUT2D eigenvalue weighted by atomic mass is 15.0. The van der Waals surface area contributed by atoms with E-state index in [-0.39, 0.29) is 0 Å². The maximum Gasteiger partial charge on any atom is 0.138 e. The molecular weight excluding hydrogens is 368 g/mol. The van der Waals surface area contributed by atoms with E-state index in [1.807, 2.05) is 26.1 Å². The predicted molar refractivity (Wildman–Crippen MR) is 126 cm³/mol. The first-order chi connectivity index (χ1) is 14.7. The number of benzene rings is 1. The summed E-state index contributed by atoms with van der Waals surface area (Å²) in [4.78, 5) is 14.3. The van der Waals surface area contributed by atoms with Gasteiger partial charge in [-0.1, -0.05) is 63.9 Å². The molecule has 3 aromatic heterocycles. The molecule has 0 spiro atoms. The quantitative estimate of drug-likeness (QED) is 0.362. The van der Waals surface area contributed by atoms with Gasteiger partial charge in [0, 0.05) is 24.4 Å². The molecule has 156 valence electrons. The molecule has 4 rings (SSSR count). The standard InChI is InChI=1S/C24H26N4.C2H6/c1-4-6-18-13-15-28-22(16-18)27-23(19-10-8-17(3)9-11-19)24(28)20-12-14-25-21(26-20)7-5-2;1-2/h8-16H,4-7H2,1-3H3;1-2H3. The molecule has 0 saturated heterocycles. The monoisotopic (exact) mass is 400 g/mol. The zero-order valence-corrected chi connectivity index (χ0v) is 18.8. The highest BCUT2D eigenvalue weighted by Gasteiger charge is 2.18. The van der Waals surface area contributed by atoms with Crippen LogP contribution in [0.5, 0.6) is 0 Å². The first kappa shape index (κ1) is 21.7. The Labute approximate surface area is 180 Å². The highest BCUT2D eigenvalue weighted by Crippen LogP contribution is 2.32. The minimum Gasteiger partial charge on any atom is -0.298 e. The van der Waals surface area contributed by atoms with Crippen molar-refractivity contribution in [2.24, 2.45) is 0 Å². The van der Waals surface area contributed by atoms with Gasteiger partial charge in [-0.2, -0.15) is 0 Å². The molecule has 0 atom stereocenters. The summed E-state index contributed by atoms with van der Waals surface area (Å²) in [5.41, 5.74) is 7.55. The van der Waals surface area contributed by atoms with Gasteiger partial charge in [0.05, 0.1) is 17.1 Å². The van der Waals surface area contributed by atoms with Crippen molar-refractivity contribution < 1.29 is 0 Å². The Morgan fingerprint density at radius 3 is 2.30 bits per heavy atom. The van der Waals surface area contributed by atoms with Gasteiger partial charge in [-0.3, -0.25) is 4.40 Å². The van der Waals surface area contributed by atoms with E-state index in [2.05, 4.69) is 72.8 Å². The molecule has 0 unspecified atom stereocenters. The molecule has 4 heteroatoms. The molecule has 0 bridgehead atoms. The molecule has 4 aromatic rings. The number of nitrogens with zero attached hydrogens (tertiary/aromatic N) is 4. The molecule has 0 amide bonds. The summed E-state index contributed by atoms with van der Waals surface area (Å²) in [7, 11) is 0. The molecule has 0 aliphatic carbocycles. The zero-order valence-electron chi connectivity index (χ0n) is 18.8. The first-order valence-corrected chi connectivity index (χ1v) is 11.1. The maximum atomic E-state index is 5.01. The van der Waals surface area contributed by atoms with Gasteiger partial charge < -0.3 is 0 Å². The fourth-order valence-corrected chi connectivity index (χ4v) is 3.56. The van der Waals surface area contributed by atoms with E-state index in [1.165, 1.54) is 11.1 Å². The number of imidazole rings is 1. The highest BCUT2D eigenvalue weighted by molar-refractivity contribution is 5.80. The summed E-state index contributed by atoms with van der Waals surface area (Å²) in [5, 5.41) is 0. The van der Waals surface area contributed by atoms with Crippen LogP contribution >= 0.6 is 0 Å². The van der Waals surface area contributed by atoms with Gasteiger partial charge in [0.1, 0.15) is 11.5 Å². The number of hydrogen-bond donors (Lipinski definition) is 0. The van der Waals surface area contributed by atoms with Crippen molar-refractivity contribution in [1.29, 1.82) is 0 Å². The molecule has 0 aliphatic heterocycles. The minimum atomic E-state index is 0.880. The predicted octanol–water partition coefficient (Wildman–Crippen LogP) is 6.70. The van der Waals surface area contributed by atoms with Gasteiger partial charge in [0.25, 0.3) is 0 Å². The summed E-state index contributed by atoms with van der Waals surface area (Å²) < 4.78 is 2.16. The number of hydrogen-bond acceptors (Lipinski definition) is 3. The third-order valence-electron chi connectivity index (χ3n) is 4.98. The Morgan fingerprint density at radius 1 is 0.867 bits per heavy atom. The van der Waals surface area contributed by atoms with Gasteiger partial charge in [-0.05, 0) is 43.5 Å². The van der Waals surface area contributed by atoms with E-state index in [0.29, 0.717) is 0 Å². The second-order valence-corrected chi connectivity index (χ2v) is 7.30. The largest absolute Gasteiger partial charge is 0.298 e. The molecule has 0 N–H and O–H groups in total. The Morgan fingerprint density at radius 2 is 1.60 bits per heavy atom. The smallest absolute Gasteiger partial charge is 0.138 e. The lowest BCUT2D eigenvalue weighted by atomic mass is 10.1. The van der Waals surface area contributed by atoms with Crippen LogP contribution in [-0.2, 0) is 12.8 Å². The van der Waals surface area contributed by atoms with E-state index >= 15 is 0 Å². The lowest BCUT2D eigenvalue weighted by molar-refractivity contribution is 0.835. The van der Waals surface area contributed by atoms with E-state index in [1.54, 1.807) is 0 Å². The van der Waals surface area contributed by atoms with Crippen LogP contribution in [0.15, 0.2) is 54.9 Å². The Bertz CT molecular complexity index is 1090. The summed E-state index contributed by atoms with van der Waals surface area (Å²) >= 11 is 0. The van der Waals surface area contributed by atoms with Crippen molar-refractivity contribution in [3.63, 3.8) is 0 Å². The van der Waals surface area contributed by atoms with Crippen molar-refractivity contribution >= 4 is 5.65 Å². The van der Waals surface area contributed by atoms with Crippen LogP contribution < -0.4 is 0 Å². The summed E-state index contributed by atoms with van der Waals surface area (Å²) in [5.74, 6) is 0.882. The lowest BCUT2D eigenvalue weighted by Crippen LogP contribution is -1.98. The molecule has 1 aromatic carbocycles. The second kappa shape index (κ2) is 10.1. The SMILES string of the molecule is CC.CCCc1ccn2c(-c3ccnc(CCC)n3)c(-c3ccc(C)cc3)nc2c1. The van der Waals surface area contributed by atoms with Crippen LogP contribution in [0.25, 0.3) is 28.3 Å². The van der Waals surface area contributed by atoms with Crippen LogP contribution in [-0.4, -0.2) is 19.4 Å². The first-order valence-electron chi connectivity index (χ1n) is 11.1. The fraction of sp³-hybridized carbons (Fsp3) is 0.346. The van der Waals surface area contributed by atoms with Crippen LogP contribution in [0.1, 0.15) is 57.5 Å². The van der Waals surface area contributed by atoms with E-state index in [9.17, 15) is 0 Å². The third kappa shape index (κ3) is 4.59. The Balaban J connectivity index is 0.00000124.